The highest BCUT2D eigenvalue weighted by molar-refractivity contribution is 9.10. The molecule has 1 aromatic rings. The van der Waals surface area contributed by atoms with Gasteiger partial charge in [0.2, 0.25) is 10.0 Å². The first-order chi connectivity index (χ1) is 9.05. The van der Waals surface area contributed by atoms with Crippen LogP contribution in [-0.4, -0.2) is 26.6 Å². The molecule has 0 saturated heterocycles. The van der Waals surface area contributed by atoms with Crippen LogP contribution in [0.2, 0.25) is 0 Å². The van der Waals surface area contributed by atoms with Crippen LogP contribution in [0.1, 0.15) is 6.92 Å². The Balaban J connectivity index is 3.13. The Morgan fingerprint density at radius 2 is 2.05 bits per heavy atom. The van der Waals surface area contributed by atoms with Crippen molar-refractivity contribution in [3.05, 3.63) is 22.7 Å². The fourth-order valence-corrected chi connectivity index (χ4v) is 2.44. The smallest absolute Gasteiger partial charge is 0.403 e. The average Bonchev–Trinajstić information content (AvgIpc) is 2.29. The van der Waals surface area contributed by atoms with E-state index < -0.39 is 27.4 Å². The van der Waals surface area contributed by atoms with Gasteiger partial charge in [-0.05, 0) is 25.1 Å². The van der Waals surface area contributed by atoms with E-state index in [-0.39, 0.29) is 12.2 Å². The third-order valence-electron chi connectivity index (χ3n) is 2.28. The van der Waals surface area contributed by atoms with Gasteiger partial charge in [-0.25, -0.2) is 8.42 Å². The van der Waals surface area contributed by atoms with Crippen LogP contribution in [0, 0.1) is 0 Å². The van der Waals surface area contributed by atoms with E-state index in [1.54, 1.807) is 0 Å². The molecule has 1 atom stereocenters. The zero-order valence-electron chi connectivity index (χ0n) is 10.2. The lowest BCUT2D eigenvalue weighted by Crippen LogP contribution is -2.32. The van der Waals surface area contributed by atoms with E-state index in [0.29, 0.717) is 4.47 Å². The maximum absolute atomic E-state index is 12.3. The molecule has 0 spiro atoms. The molecule has 0 saturated carbocycles. The molecule has 114 valence electrons. The predicted molar refractivity (Wildman–Crippen MR) is 71.9 cm³/mol. The number of anilines is 1. The lowest BCUT2D eigenvalue weighted by Gasteiger charge is -2.17. The molecule has 0 heterocycles. The lowest BCUT2D eigenvalue weighted by atomic mass is 10.3. The highest BCUT2D eigenvalue weighted by Gasteiger charge is 2.33. The maximum atomic E-state index is 12.3. The van der Waals surface area contributed by atoms with Crippen LogP contribution in [0.25, 0.3) is 0 Å². The molecule has 1 aromatic carbocycles. The third-order valence-corrected chi connectivity index (χ3v) is 4.53. The molecule has 0 aliphatic rings. The number of benzene rings is 1. The normalized spacial score (nSPS) is 13.9. The standard InChI is InChI=1S/C10H12BrF3N2O3S/c1-6(5-15)20(17,18)16-8-3-2-7(11)4-9(8)19-10(12,13)14/h2-4,6,16H,5,15H2,1H3. The van der Waals surface area contributed by atoms with Gasteiger partial charge in [0.1, 0.15) is 0 Å². The third kappa shape index (κ3) is 4.84. The maximum Gasteiger partial charge on any atom is 0.573 e. The van der Waals surface area contributed by atoms with Gasteiger partial charge in [0.05, 0.1) is 10.9 Å². The van der Waals surface area contributed by atoms with Crippen molar-refractivity contribution >= 4 is 31.6 Å². The summed E-state index contributed by atoms with van der Waals surface area (Å²) in [4.78, 5) is 0. The molecule has 0 aliphatic heterocycles. The summed E-state index contributed by atoms with van der Waals surface area (Å²) < 4.78 is 66.5. The topological polar surface area (TPSA) is 81.4 Å². The van der Waals surface area contributed by atoms with E-state index in [0.717, 1.165) is 12.1 Å². The van der Waals surface area contributed by atoms with Crippen LogP contribution in [0.3, 0.4) is 0 Å². The minimum atomic E-state index is -4.93. The molecule has 1 unspecified atom stereocenters. The van der Waals surface area contributed by atoms with Crippen LogP contribution < -0.4 is 15.2 Å². The molecule has 0 aliphatic carbocycles. The molecule has 1 rings (SSSR count). The van der Waals surface area contributed by atoms with Crippen molar-refractivity contribution in [2.45, 2.75) is 18.5 Å². The molecule has 3 N–H and O–H groups in total. The van der Waals surface area contributed by atoms with Crippen molar-refractivity contribution in [2.75, 3.05) is 11.3 Å². The van der Waals surface area contributed by atoms with Crippen molar-refractivity contribution in [3.63, 3.8) is 0 Å². The van der Waals surface area contributed by atoms with Gasteiger partial charge in [0, 0.05) is 11.0 Å². The van der Waals surface area contributed by atoms with E-state index in [4.69, 9.17) is 5.73 Å². The Kier molecular flexibility index (Phi) is 5.27. The van der Waals surface area contributed by atoms with E-state index >= 15 is 0 Å². The summed E-state index contributed by atoms with van der Waals surface area (Å²) in [5.41, 5.74) is 4.92. The molecule has 0 aromatic heterocycles. The Morgan fingerprint density at radius 3 is 2.55 bits per heavy atom. The van der Waals surface area contributed by atoms with Gasteiger partial charge in [0.25, 0.3) is 0 Å². The number of rotatable bonds is 5. The summed E-state index contributed by atoms with van der Waals surface area (Å²) in [6.07, 6.45) is -4.93. The molecule has 0 amide bonds. The Hall–Kier alpha value is -1.00. The SMILES string of the molecule is CC(CN)S(=O)(=O)Nc1ccc(Br)cc1OC(F)(F)F. The fourth-order valence-electron chi connectivity index (χ4n) is 1.17. The number of ether oxygens (including phenoxy) is 1. The molecule has 0 bridgehead atoms. The van der Waals surface area contributed by atoms with Crippen molar-refractivity contribution in [3.8, 4) is 5.75 Å². The van der Waals surface area contributed by atoms with Gasteiger partial charge >= 0.3 is 6.36 Å². The monoisotopic (exact) mass is 376 g/mol. The van der Waals surface area contributed by atoms with Gasteiger partial charge in [-0.3, -0.25) is 4.72 Å². The number of hydrogen-bond acceptors (Lipinski definition) is 4. The van der Waals surface area contributed by atoms with E-state index in [2.05, 4.69) is 20.7 Å². The van der Waals surface area contributed by atoms with Crippen LogP contribution in [-0.2, 0) is 10.0 Å². The Morgan fingerprint density at radius 1 is 1.45 bits per heavy atom. The second kappa shape index (κ2) is 6.19. The van der Waals surface area contributed by atoms with Gasteiger partial charge < -0.3 is 10.5 Å². The predicted octanol–water partition coefficient (Wildman–Crippen LogP) is 2.44. The van der Waals surface area contributed by atoms with Crippen LogP contribution in [0.5, 0.6) is 5.75 Å². The second-order valence-corrected chi connectivity index (χ2v) is 6.90. The van der Waals surface area contributed by atoms with Crippen molar-refractivity contribution in [1.82, 2.24) is 0 Å². The van der Waals surface area contributed by atoms with E-state index in [1.165, 1.54) is 13.0 Å². The van der Waals surface area contributed by atoms with Crippen LogP contribution in [0.4, 0.5) is 18.9 Å². The minimum Gasteiger partial charge on any atom is -0.403 e. The summed E-state index contributed by atoms with van der Waals surface area (Å²) in [5, 5.41) is -0.954. The van der Waals surface area contributed by atoms with Crippen molar-refractivity contribution in [1.29, 1.82) is 0 Å². The summed E-state index contributed by atoms with van der Waals surface area (Å²) in [7, 11) is -3.89. The van der Waals surface area contributed by atoms with Crippen LogP contribution in [0.15, 0.2) is 22.7 Å². The van der Waals surface area contributed by atoms with Crippen molar-refractivity contribution < 1.29 is 26.3 Å². The summed E-state index contributed by atoms with van der Waals surface area (Å²) in [5.74, 6) is -0.653. The van der Waals surface area contributed by atoms with Gasteiger partial charge in [0.15, 0.2) is 5.75 Å². The molecular formula is C10H12BrF3N2O3S. The molecule has 0 fully saturated rings. The summed E-state index contributed by atoms with van der Waals surface area (Å²) in [6.45, 7) is 1.17. The lowest BCUT2D eigenvalue weighted by molar-refractivity contribution is -0.274. The number of halogens is 4. The van der Waals surface area contributed by atoms with Gasteiger partial charge in [-0.1, -0.05) is 15.9 Å². The van der Waals surface area contributed by atoms with E-state index in [9.17, 15) is 21.6 Å². The number of sulfonamides is 1. The first-order valence-electron chi connectivity index (χ1n) is 5.32. The zero-order chi connectivity index (χ0) is 15.6. The highest BCUT2D eigenvalue weighted by Crippen LogP contribution is 2.33. The molecular weight excluding hydrogens is 365 g/mol. The minimum absolute atomic E-state index is 0.165. The number of alkyl halides is 3. The number of nitrogens with two attached hydrogens (primary N) is 1. The highest BCUT2D eigenvalue weighted by atomic mass is 79.9. The number of hydrogen-bond donors (Lipinski definition) is 2. The molecule has 5 nitrogen and oxygen atoms in total. The quantitative estimate of drug-likeness (QED) is 0.826. The second-order valence-electron chi connectivity index (χ2n) is 3.88. The molecule has 10 heteroatoms. The molecule has 0 radical (unpaired) electrons. The zero-order valence-corrected chi connectivity index (χ0v) is 12.6. The van der Waals surface area contributed by atoms with Gasteiger partial charge in [-0.2, -0.15) is 0 Å². The largest absolute Gasteiger partial charge is 0.573 e. The van der Waals surface area contributed by atoms with Crippen molar-refractivity contribution in [2.24, 2.45) is 5.73 Å². The fraction of sp³-hybridized carbons (Fsp3) is 0.400. The Labute approximate surface area is 122 Å². The average molecular weight is 377 g/mol. The first kappa shape index (κ1) is 17.1. The van der Waals surface area contributed by atoms with Crippen LogP contribution >= 0.6 is 15.9 Å². The summed E-state index contributed by atoms with van der Waals surface area (Å²) in [6, 6.07) is 3.55. The summed E-state index contributed by atoms with van der Waals surface area (Å²) >= 11 is 2.98. The van der Waals surface area contributed by atoms with Gasteiger partial charge in [-0.15, -0.1) is 13.2 Å². The molecule has 20 heavy (non-hydrogen) atoms. The van der Waals surface area contributed by atoms with E-state index in [1.807, 2.05) is 4.72 Å². The Bertz CT molecular complexity index is 578. The number of nitrogens with one attached hydrogen (secondary N) is 1. The first-order valence-corrected chi connectivity index (χ1v) is 7.66.